The summed E-state index contributed by atoms with van der Waals surface area (Å²) in [6.45, 7) is 0.737. The second-order valence-electron chi connectivity index (χ2n) is 4.87. The zero-order chi connectivity index (χ0) is 13.0. The lowest BCUT2D eigenvalue weighted by molar-refractivity contribution is -0.126. The van der Waals surface area contributed by atoms with Crippen molar-refractivity contribution in [3.8, 4) is 0 Å². The number of amides is 1. The molecule has 1 aliphatic rings. The largest absolute Gasteiger partial charge is 0.356 e. The van der Waals surface area contributed by atoms with Gasteiger partial charge in [0.1, 0.15) is 0 Å². The minimum Gasteiger partial charge on any atom is -0.356 e. The molecular weight excluding hydrogens is 359 g/mol. The predicted octanol–water partition coefficient (Wildman–Crippen LogP) is 2.53. The second-order valence-corrected chi connectivity index (χ2v) is 7.93. The molecule has 0 saturated heterocycles. The van der Waals surface area contributed by atoms with Crippen molar-refractivity contribution in [1.29, 1.82) is 0 Å². The average molecular weight is 378 g/mol. The van der Waals surface area contributed by atoms with Gasteiger partial charge in [-0.2, -0.15) is 0 Å². The molecule has 2 unspecified atom stereocenters. The Morgan fingerprint density at radius 2 is 2.33 bits per heavy atom. The molecule has 1 amide bonds. The van der Waals surface area contributed by atoms with E-state index < -0.39 is 0 Å². The third kappa shape index (κ3) is 4.20. The number of nitrogens with two attached hydrogens (primary N) is 1. The number of nitrogens with one attached hydrogen (secondary N) is 1. The molecule has 18 heavy (non-hydrogen) atoms. The maximum atomic E-state index is 12.0. The lowest BCUT2D eigenvalue weighted by Gasteiger charge is -2.25. The Bertz CT molecular complexity index is 407. The number of carbonyl (C=O) groups is 1. The number of halogens is 1. The fraction of sp³-hybridized carbons (Fsp3) is 0.615. The van der Waals surface area contributed by atoms with Crippen LogP contribution in [-0.2, 0) is 11.2 Å². The number of rotatable bonds is 4. The standard InChI is InChI=1S/C13H19IN2OS/c14-12-5-4-11(18-12)6-7-16-13(17)9-2-1-3-10(15)8-9/h4-5,9-10H,1-3,6-8,15H2,(H,16,17). The number of carbonyl (C=O) groups excluding carboxylic acids is 1. The molecule has 1 heterocycles. The zero-order valence-corrected chi connectivity index (χ0v) is 13.3. The van der Waals surface area contributed by atoms with Crippen LogP contribution >= 0.6 is 33.9 Å². The van der Waals surface area contributed by atoms with Gasteiger partial charge in [0.15, 0.2) is 0 Å². The van der Waals surface area contributed by atoms with Crippen molar-refractivity contribution in [2.24, 2.45) is 11.7 Å². The van der Waals surface area contributed by atoms with E-state index in [0.29, 0.717) is 0 Å². The van der Waals surface area contributed by atoms with Crippen LogP contribution in [0.3, 0.4) is 0 Å². The summed E-state index contributed by atoms with van der Waals surface area (Å²) < 4.78 is 1.30. The fourth-order valence-electron chi connectivity index (χ4n) is 2.41. The highest BCUT2D eigenvalue weighted by atomic mass is 127. The monoisotopic (exact) mass is 378 g/mol. The lowest BCUT2D eigenvalue weighted by Crippen LogP contribution is -2.38. The fourth-order valence-corrected chi connectivity index (χ4v) is 4.16. The van der Waals surface area contributed by atoms with Crippen LogP contribution in [0.2, 0.25) is 0 Å². The summed E-state index contributed by atoms with van der Waals surface area (Å²) >= 11 is 4.11. The van der Waals surface area contributed by atoms with Crippen LogP contribution in [-0.4, -0.2) is 18.5 Å². The van der Waals surface area contributed by atoms with Crippen molar-refractivity contribution in [2.75, 3.05) is 6.54 Å². The zero-order valence-electron chi connectivity index (χ0n) is 10.3. The topological polar surface area (TPSA) is 55.1 Å². The van der Waals surface area contributed by atoms with Crippen molar-refractivity contribution in [3.05, 3.63) is 19.9 Å². The third-order valence-corrected chi connectivity index (χ3v) is 5.34. The molecule has 100 valence electrons. The third-order valence-electron chi connectivity index (χ3n) is 3.39. The maximum absolute atomic E-state index is 12.0. The van der Waals surface area contributed by atoms with Gasteiger partial charge in [0.25, 0.3) is 0 Å². The van der Waals surface area contributed by atoms with Crippen LogP contribution in [0.15, 0.2) is 12.1 Å². The van der Waals surface area contributed by atoms with Gasteiger partial charge in [-0.15, -0.1) is 11.3 Å². The highest BCUT2D eigenvalue weighted by Crippen LogP contribution is 2.23. The molecule has 2 rings (SSSR count). The van der Waals surface area contributed by atoms with E-state index in [1.165, 1.54) is 7.76 Å². The first-order chi connectivity index (χ1) is 8.65. The highest BCUT2D eigenvalue weighted by Gasteiger charge is 2.24. The minimum absolute atomic E-state index is 0.136. The van der Waals surface area contributed by atoms with Crippen LogP contribution in [0.25, 0.3) is 0 Å². The molecule has 0 aromatic carbocycles. The van der Waals surface area contributed by atoms with Gasteiger partial charge in [-0.25, -0.2) is 0 Å². The molecule has 1 aromatic heterocycles. The Hall–Kier alpha value is -0.140. The van der Waals surface area contributed by atoms with Crippen molar-refractivity contribution in [1.82, 2.24) is 5.32 Å². The van der Waals surface area contributed by atoms with Crippen molar-refractivity contribution in [2.45, 2.75) is 38.1 Å². The first-order valence-corrected chi connectivity index (χ1v) is 8.32. The highest BCUT2D eigenvalue weighted by molar-refractivity contribution is 14.1. The summed E-state index contributed by atoms with van der Waals surface area (Å²) in [5, 5.41) is 3.04. The molecule has 0 radical (unpaired) electrons. The molecule has 1 saturated carbocycles. The minimum atomic E-state index is 0.136. The van der Waals surface area contributed by atoms with E-state index >= 15 is 0 Å². The van der Waals surface area contributed by atoms with E-state index in [-0.39, 0.29) is 17.9 Å². The first kappa shape index (κ1) is 14.3. The lowest BCUT2D eigenvalue weighted by atomic mass is 9.85. The molecule has 3 nitrogen and oxygen atoms in total. The van der Waals surface area contributed by atoms with E-state index in [1.807, 2.05) is 0 Å². The summed E-state index contributed by atoms with van der Waals surface area (Å²) in [5.74, 6) is 0.327. The van der Waals surface area contributed by atoms with E-state index in [1.54, 1.807) is 11.3 Å². The maximum Gasteiger partial charge on any atom is 0.223 e. The molecular formula is C13H19IN2OS. The first-order valence-electron chi connectivity index (χ1n) is 6.42. The Kier molecular flexibility index (Phi) is 5.44. The molecule has 1 fully saturated rings. The summed E-state index contributed by atoms with van der Waals surface area (Å²) in [5.41, 5.74) is 5.91. The van der Waals surface area contributed by atoms with Crippen molar-refractivity contribution >= 4 is 39.8 Å². The van der Waals surface area contributed by atoms with Gasteiger partial charge >= 0.3 is 0 Å². The van der Waals surface area contributed by atoms with Gasteiger partial charge in [-0.05, 0) is 60.4 Å². The molecule has 0 spiro atoms. The number of hydrogen-bond donors (Lipinski definition) is 2. The van der Waals surface area contributed by atoms with E-state index in [0.717, 1.165) is 38.6 Å². The number of hydrogen-bond acceptors (Lipinski definition) is 3. The molecule has 1 aromatic rings. The summed E-state index contributed by atoms with van der Waals surface area (Å²) in [6, 6.07) is 4.46. The van der Waals surface area contributed by atoms with Crippen LogP contribution < -0.4 is 11.1 Å². The molecule has 0 aliphatic heterocycles. The average Bonchev–Trinajstić information content (AvgIpc) is 2.75. The normalized spacial score (nSPS) is 23.9. The van der Waals surface area contributed by atoms with Gasteiger partial charge in [-0.3, -0.25) is 4.79 Å². The summed E-state index contributed by atoms with van der Waals surface area (Å²) in [7, 11) is 0. The second kappa shape index (κ2) is 6.86. The number of thiophene rings is 1. The van der Waals surface area contributed by atoms with E-state index in [9.17, 15) is 4.79 Å². The smallest absolute Gasteiger partial charge is 0.223 e. The van der Waals surface area contributed by atoms with E-state index in [4.69, 9.17) is 5.73 Å². The molecule has 5 heteroatoms. The Morgan fingerprint density at radius 1 is 1.50 bits per heavy atom. The van der Waals surface area contributed by atoms with Crippen molar-refractivity contribution < 1.29 is 4.79 Å². The summed E-state index contributed by atoms with van der Waals surface area (Å²) in [6.07, 6.45) is 4.93. The van der Waals surface area contributed by atoms with Crippen LogP contribution in [0, 0.1) is 8.80 Å². The van der Waals surface area contributed by atoms with Crippen LogP contribution in [0.4, 0.5) is 0 Å². The summed E-state index contributed by atoms with van der Waals surface area (Å²) in [4.78, 5) is 13.3. The van der Waals surface area contributed by atoms with Gasteiger partial charge < -0.3 is 11.1 Å². The SMILES string of the molecule is NC1CCCC(C(=O)NCCc2ccc(I)s2)C1. The van der Waals surface area contributed by atoms with Gasteiger partial charge in [0.2, 0.25) is 5.91 Å². The van der Waals surface area contributed by atoms with Crippen LogP contribution in [0.5, 0.6) is 0 Å². The Labute approximate surface area is 126 Å². The molecule has 3 N–H and O–H groups in total. The Balaban J connectivity index is 1.71. The van der Waals surface area contributed by atoms with Gasteiger partial charge in [0, 0.05) is 23.4 Å². The van der Waals surface area contributed by atoms with Gasteiger partial charge in [-0.1, -0.05) is 6.42 Å². The molecule has 2 atom stereocenters. The van der Waals surface area contributed by atoms with Crippen LogP contribution in [0.1, 0.15) is 30.6 Å². The molecule has 1 aliphatic carbocycles. The molecule has 0 bridgehead atoms. The predicted molar refractivity (Wildman–Crippen MR) is 83.7 cm³/mol. The van der Waals surface area contributed by atoms with E-state index in [2.05, 4.69) is 40.0 Å². The Morgan fingerprint density at radius 3 is 3.00 bits per heavy atom. The van der Waals surface area contributed by atoms with Gasteiger partial charge in [0.05, 0.1) is 2.88 Å². The van der Waals surface area contributed by atoms with Crippen molar-refractivity contribution in [3.63, 3.8) is 0 Å². The quantitative estimate of drug-likeness (QED) is 0.792.